The van der Waals surface area contributed by atoms with E-state index in [1.807, 2.05) is 6.92 Å². The predicted molar refractivity (Wildman–Crippen MR) is 70.5 cm³/mol. The number of nitrogens with one attached hydrogen (secondary N) is 1. The molecule has 1 aromatic carbocycles. The maximum atomic E-state index is 11.9. The lowest BCUT2D eigenvalue weighted by atomic mass is 10.1. The smallest absolute Gasteiger partial charge is 0.255 e. The molecular weight excluding hydrogens is 244 g/mol. The van der Waals surface area contributed by atoms with Crippen molar-refractivity contribution >= 4 is 11.6 Å². The van der Waals surface area contributed by atoms with Crippen LogP contribution >= 0.6 is 0 Å². The summed E-state index contributed by atoms with van der Waals surface area (Å²) in [6.45, 7) is 2.07. The molecule has 0 radical (unpaired) electrons. The molecule has 19 heavy (non-hydrogen) atoms. The topological polar surface area (TPSA) is 101 Å². The number of benzene rings is 1. The Hall–Kier alpha value is -2.63. The van der Waals surface area contributed by atoms with Crippen molar-refractivity contribution in [2.75, 3.05) is 5.73 Å². The molecule has 1 amide bonds. The Balaban J connectivity index is 2.05. The second-order valence-corrected chi connectivity index (χ2v) is 4.08. The SMILES string of the molecule is Cc1cnc(CNC(=O)c2cccc(N)c2O)cn1. The summed E-state index contributed by atoms with van der Waals surface area (Å²) in [4.78, 5) is 20.1. The Kier molecular flexibility index (Phi) is 3.61. The van der Waals surface area contributed by atoms with Crippen LogP contribution in [0.2, 0.25) is 0 Å². The Morgan fingerprint density at radius 3 is 2.84 bits per heavy atom. The van der Waals surface area contributed by atoms with E-state index in [0.717, 1.165) is 5.69 Å². The number of nitrogens with zero attached hydrogens (tertiary/aromatic N) is 2. The standard InChI is InChI=1S/C13H14N4O2/c1-8-5-16-9(6-15-8)7-17-13(19)10-3-2-4-11(14)12(10)18/h2-6,18H,7,14H2,1H3,(H,17,19). The van der Waals surface area contributed by atoms with Gasteiger partial charge in [-0.1, -0.05) is 6.07 Å². The van der Waals surface area contributed by atoms with Gasteiger partial charge in [0.05, 0.1) is 35.4 Å². The molecule has 0 atom stereocenters. The van der Waals surface area contributed by atoms with Crippen LogP contribution in [-0.2, 0) is 6.54 Å². The third-order valence-electron chi connectivity index (χ3n) is 2.58. The fourth-order valence-electron chi connectivity index (χ4n) is 1.52. The predicted octanol–water partition coefficient (Wildman–Crippen LogP) is 1.00. The Morgan fingerprint density at radius 1 is 1.37 bits per heavy atom. The van der Waals surface area contributed by atoms with Crippen LogP contribution < -0.4 is 11.1 Å². The third-order valence-corrected chi connectivity index (χ3v) is 2.58. The maximum absolute atomic E-state index is 11.9. The van der Waals surface area contributed by atoms with Gasteiger partial charge in [-0.05, 0) is 19.1 Å². The van der Waals surface area contributed by atoms with Crippen molar-refractivity contribution in [2.45, 2.75) is 13.5 Å². The quantitative estimate of drug-likeness (QED) is 0.563. The van der Waals surface area contributed by atoms with E-state index in [2.05, 4.69) is 15.3 Å². The van der Waals surface area contributed by atoms with E-state index in [9.17, 15) is 9.90 Å². The van der Waals surface area contributed by atoms with Gasteiger partial charge in [-0.3, -0.25) is 14.8 Å². The summed E-state index contributed by atoms with van der Waals surface area (Å²) in [7, 11) is 0. The van der Waals surface area contributed by atoms with Gasteiger partial charge < -0.3 is 16.2 Å². The Labute approximate surface area is 110 Å². The maximum Gasteiger partial charge on any atom is 0.255 e. The lowest BCUT2D eigenvalue weighted by molar-refractivity contribution is 0.0948. The van der Waals surface area contributed by atoms with Gasteiger partial charge in [-0.25, -0.2) is 0 Å². The molecule has 0 fully saturated rings. The van der Waals surface area contributed by atoms with E-state index in [1.165, 1.54) is 12.1 Å². The number of hydrogen-bond acceptors (Lipinski definition) is 5. The second kappa shape index (κ2) is 5.34. The van der Waals surface area contributed by atoms with Crippen LogP contribution in [0.5, 0.6) is 5.75 Å². The van der Waals surface area contributed by atoms with E-state index in [4.69, 9.17) is 5.73 Å². The number of para-hydroxylation sites is 1. The van der Waals surface area contributed by atoms with Gasteiger partial charge in [0.25, 0.3) is 5.91 Å². The van der Waals surface area contributed by atoms with Crippen molar-refractivity contribution in [3.05, 3.63) is 47.5 Å². The van der Waals surface area contributed by atoms with E-state index in [-0.39, 0.29) is 23.5 Å². The van der Waals surface area contributed by atoms with Crippen LogP contribution in [0.1, 0.15) is 21.7 Å². The number of phenols is 1. The zero-order chi connectivity index (χ0) is 13.8. The van der Waals surface area contributed by atoms with Crippen molar-refractivity contribution in [3.8, 4) is 5.75 Å². The average molecular weight is 258 g/mol. The van der Waals surface area contributed by atoms with Crippen LogP contribution in [0, 0.1) is 6.92 Å². The molecule has 0 unspecified atom stereocenters. The summed E-state index contributed by atoms with van der Waals surface area (Å²) >= 11 is 0. The molecule has 0 spiro atoms. The van der Waals surface area contributed by atoms with Crippen molar-refractivity contribution in [3.63, 3.8) is 0 Å². The zero-order valence-electron chi connectivity index (χ0n) is 10.4. The zero-order valence-corrected chi connectivity index (χ0v) is 10.4. The molecule has 4 N–H and O–H groups in total. The average Bonchev–Trinajstić information content (AvgIpc) is 2.41. The fourth-order valence-corrected chi connectivity index (χ4v) is 1.52. The first kappa shape index (κ1) is 12.8. The summed E-state index contributed by atoms with van der Waals surface area (Å²) in [6, 6.07) is 4.63. The number of anilines is 1. The number of amides is 1. The van der Waals surface area contributed by atoms with E-state index >= 15 is 0 Å². The van der Waals surface area contributed by atoms with Gasteiger partial charge >= 0.3 is 0 Å². The molecule has 1 aromatic heterocycles. The minimum Gasteiger partial charge on any atom is -0.505 e. The largest absolute Gasteiger partial charge is 0.505 e. The molecular formula is C13H14N4O2. The molecule has 0 saturated carbocycles. The molecule has 98 valence electrons. The first-order chi connectivity index (χ1) is 9.08. The Morgan fingerprint density at radius 2 is 2.16 bits per heavy atom. The van der Waals surface area contributed by atoms with Gasteiger partial charge in [0.1, 0.15) is 0 Å². The van der Waals surface area contributed by atoms with Crippen LogP contribution in [0.25, 0.3) is 0 Å². The number of rotatable bonds is 3. The fraction of sp³-hybridized carbons (Fsp3) is 0.154. The van der Waals surface area contributed by atoms with E-state index < -0.39 is 5.91 Å². The first-order valence-corrected chi connectivity index (χ1v) is 5.71. The third kappa shape index (κ3) is 2.98. The van der Waals surface area contributed by atoms with Crippen LogP contribution in [0.4, 0.5) is 5.69 Å². The van der Waals surface area contributed by atoms with Gasteiger partial charge in [0.2, 0.25) is 0 Å². The molecule has 0 aliphatic rings. The summed E-state index contributed by atoms with van der Waals surface area (Å²) in [5.74, 6) is -0.623. The van der Waals surface area contributed by atoms with Gasteiger partial charge in [0, 0.05) is 6.20 Å². The highest BCUT2D eigenvalue weighted by Crippen LogP contribution is 2.24. The number of nitrogens with two attached hydrogens (primary N) is 1. The highest BCUT2D eigenvalue weighted by molar-refractivity contribution is 5.98. The molecule has 1 heterocycles. The molecule has 0 bridgehead atoms. The minimum atomic E-state index is -0.410. The number of nitrogen functional groups attached to an aromatic ring is 1. The van der Waals surface area contributed by atoms with E-state index in [0.29, 0.717) is 5.69 Å². The van der Waals surface area contributed by atoms with Crippen molar-refractivity contribution in [1.82, 2.24) is 15.3 Å². The molecule has 2 rings (SSSR count). The molecule has 0 aliphatic heterocycles. The van der Waals surface area contributed by atoms with E-state index in [1.54, 1.807) is 18.5 Å². The molecule has 6 nitrogen and oxygen atoms in total. The number of carbonyl (C=O) groups is 1. The van der Waals surface area contributed by atoms with Gasteiger partial charge in [0.15, 0.2) is 5.75 Å². The van der Waals surface area contributed by atoms with Gasteiger partial charge in [-0.15, -0.1) is 0 Å². The number of phenolic OH excluding ortho intramolecular Hbond substituents is 1. The summed E-state index contributed by atoms with van der Waals surface area (Å²) in [5.41, 5.74) is 7.29. The summed E-state index contributed by atoms with van der Waals surface area (Å²) < 4.78 is 0. The molecule has 0 aliphatic carbocycles. The monoisotopic (exact) mass is 258 g/mol. The van der Waals surface area contributed by atoms with Crippen LogP contribution in [0.3, 0.4) is 0 Å². The highest BCUT2D eigenvalue weighted by atomic mass is 16.3. The molecule has 6 heteroatoms. The van der Waals surface area contributed by atoms with Crippen LogP contribution in [-0.4, -0.2) is 21.0 Å². The lowest BCUT2D eigenvalue weighted by Crippen LogP contribution is -2.23. The van der Waals surface area contributed by atoms with Crippen molar-refractivity contribution < 1.29 is 9.90 Å². The summed E-state index contributed by atoms with van der Waals surface area (Å²) in [5, 5.41) is 12.3. The number of carbonyl (C=O) groups excluding carboxylic acids is 1. The first-order valence-electron chi connectivity index (χ1n) is 5.71. The van der Waals surface area contributed by atoms with Crippen molar-refractivity contribution in [1.29, 1.82) is 0 Å². The highest BCUT2D eigenvalue weighted by Gasteiger charge is 2.12. The Bertz CT molecular complexity index is 596. The lowest BCUT2D eigenvalue weighted by Gasteiger charge is -2.07. The van der Waals surface area contributed by atoms with Crippen molar-refractivity contribution in [2.24, 2.45) is 0 Å². The molecule has 0 saturated heterocycles. The number of aromatic nitrogens is 2. The van der Waals surface area contributed by atoms with Gasteiger partial charge in [-0.2, -0.15) is 0 Å². The van der Waals surface area contributed by atoms with Crippen LogP contribution in [0.15, 0.2) is 30.6 Å². The number of aromatic hydroxyl groups is 1. The summed E-state index contributed by atoms with van der Waals surface area (Å²) in [6.07, 6.45) is 3.22. The number of aryl methyl sites for hydroxylation is 1. The minimum absolute atomic E-state index is 0.139. The second-order valence-electron chi connectivity index (χ2n) is 4.08. The normalized spacial score (nSPS) is 10.2. The molecule has 2 aromatic rings. The number of hydrogen-bond donors (Lipinski definition) is 3.